The van der Waals surface area contributed by atoms with Crippen molar-refractivity contribution in [3.8, 4) is 6.07 Å². The van der Waals surface area contributed by atoms with Gasteiger partial charge in [0, 0.05) is 28.2 Å². The summed E-state index contributed by atoms with van der Waals surface area (Å²) in [5.74, 6) is 0. The number of aromatic nitrogens is 1. The molecule has 1 aromatic heterocycles. The zero-order chi connectivity index (χ0) is 16.4. The Labute approximate surface area is 139 Å². The van der Waals surface area contributed by atoms with Gasteiger partial charge in [0.15, 0.2) is 0 Å². The van der Waals surface area contributed by atoms with Crippen LogP contribution in [0.2, 0.25) is 0 Å². The minimum absolute atomic E-state index is 0.0513. The van der Waals surface area contributed by atoms with Gasteiger partial charge in [0.05, 0.1) is 27.4 Å². The third-order valence-corrected chi connectivity index (χ3v) is 4.01. The number of hydrogen-bond donors (Lipinski definition) is 1. The second-order valence-electron chi connectivity index (χ2n) is 4.72. The number of benzene rings is 2. The molecule has 1 heterocycles. The summed E-state index contributed by atoms with van der Waals surface area (Å²) < 4.78 is 0.819. The first-order valence-corrected chi connectivity index (χ1v) is 7.38. The third-order valence-electron chi connectivity index (χ3n) is 3.32. The van der Waals surface area contributed by atoms with Gasteiger partial charge in [0.25, 0.3) is 5.69 Å². The molecule has 0 saturated carbocycles. The van der Waals surface area contributed by atoms with Crippen LogP contribution < -0.4 is 5.32 Å². The van der Waals surface area contributed by atoms with Crippen LogP contribution in [-0.2, 0) is 0 Å². The fraction of sp³-hybridized carbons (Fsp3) is 0. The lowest BCUT2D eigenvalue weighted by molar-refractivity contribution is -0.384. The van der Waals surface area contributed by atoms with E-state index in [1.807, 2.05) is 24.3 Å². The molecule has 0 aliphatic carbocycles. The fourth-order valence-electron chi connectivity index (χ4n) is 2.21. The lowest BCUT2D eigenvalue weighted by Gasteiger charge is -2.12. The van der Waals surface area contributed by atoms with Gasteiger partial charge in [-0.25, -0.2) is 0 Å². The molecule has 0 saturated heterocycles. The van der Waals surface area contributed by atoms with Crippen molar-refractivity contribution in [2.75, 3.05) is 5.32 Å². The van der Waals surface area contributed by atoms with Gasteiger partial charge < -0.3 is 5.32 Å². The molecule has 0 amide bonds. The number of nitro groups is 1. The first kappa shape index (κ1) is 14.9. The highest BCUT2D eigenvalue weighted by Crippen LogP contribution is 2.33. The molecule has 6 nitrogen and oxygen atoms in total. The summed E-state index contributed by atoms with van der Waals surface area (Å²) in [6.45, 7) is 0. The van der Waals surface area contributed by atoms with E-state index in [9.17, 15) is 15.4 Å². The maximum absolute atomic E-state index is 11.0. The van der Waals surface area contributed by atoms with Crippen LogP contribution >= 0.6 is 15.9 Å². The van der Waals surface area contributed by atoms with E-state index in [4.69, 9.17) is 0 Å². The molecular formula is C16H9BrN4O2. The number of rotatable bonds is 3. The van der Waals surface area contributed by atoms with E-state index in [1.165, 1.54) is 18.3 Å². The molecule has 0 atom stereocenters. The normalized spacial score (nSPS) is 10.3. The van der Waals surface area contributed by atoms with Crippen LogP contribution in [0.1, 0.15) is 5.56 Å². The number of nitriles is 1. The van der Waals surface area contributed by atoms with Crippen LogP contribution in [0.3, 0.4) is 0 Å². The lowest BCUT2D eigenvalue weighted by atomic mass is 10.1. The highest BCUT2D eigenvalue weighted by Gasteiger charge is 2.14. The largest absolute Gasteiger partial charge is 0.353 e. The molecule has 3 rings (SSSR count). The van der Waals surface area contributed by atoms with Gasteiger partial charge in [-0.2, -0.15) is 5.26 Å². The van der Waals surface area contributed by atoms with Gasteiger partial charge in [-0.1, -0.05) is 12.1 Å². The van der Waals surface area contributed by atoms with Crippen LogP contribution in [0.5, 0.6) is 0 Å². The fourth-order valence-corrected chi connectivity index (χ4v) is 2.59. The number of anilines is 2. The van der Waals surface area contributed by atoms with E-state index in [2.05, 4.69) is 32.3 Å². The molecule has 0 aliphatic heterocycles. The predicted molar refractivity (Wildman–Crippen MR) is 90.5 cm³/mol. The maximum atomic E-state index is 11.0. The van der Waals surface area contributed by atoms with Crippen molar-refractivity contribution < 1.29 is 4.92 Å². The van der Waals surface area contributed by atoms with E-state index < -0.39 is 4.92 Å². The molecule has 2 aromatic carbocycles. The van der Waals surface area contributed by atoms with Crippen LogP contribution in [0, 0.1) is 21.4 Å². The number of hydrogen-bond acceptors (Lipinski definition) is 5. The molecule has 0 spiro atoms. The van der Waals surface area contributed by atoms with E-state index in [0.29, 0.717) is 22.2 Å². The Bertz CT molecular complexity index is 966. The number of nitro benzene ring substituents is 1. The average Bonchev–Trinajstić information content (AvgIpc) is 2.56. The van der Waals surface area contributed by atoms with Gasteiger partial charge in [-0.15, -0.1) is 0 Å². The molecule has 7 heteroatoms. The summed E-state index contributed by atoms with van der Waals surface area (Å²) in [6, 6.07) is 13.9. The first-order valence-electron chi connectivity index (χ1n) is 6.59. The molecular weight excluding hydrogens is 360 g/mol. The van der Waals surface area contributed by atoms with Crippen molar-refractivity contribution in [2.24, 2.45) is 0 Å². The number of para-hydroxylation sites is 1. The molecule has 0 unspecified atom stereocenters. The average molecular weight is 369 g/mol. The van der Waals surface area contributed by atoms with Crippen LogP contribution in [0.4, 0.5) is 17.1 Å². The smallest absolute Gasteiger partial charge is 0.270 e. The van der Waals surface area contributed by atoms with E-state index >= 15 is 0 Å². The van der Waals surface area contributed by atoms with E-state index in [0.717, 1.165) is 10.2 Å². The third kappa shape index (κ3) is 2.84. The lowest BCUT2D eigenvalue weighted by Crippen LogP contribution is -1.98. The van der Waals surface area contributed by atoms with Gasteiger partial charge in [-0.05, 0) is 34.1 Å². The number of halogens is 1. The Balaban J connectivity index is 2.24. The summed E-state index contributed by atoms with van der Waals surface area (Å²) in [5.41, 5.74) is 2.08. The summed E-state index contributed by atoms with van der Waals surface area (Å²) in [4.78, 5) is 14.7. The van der Waals surface area contributed by atoms with Gasteiger partial charge in [-0.3, -0.25) is 15.1 Å². The molecule has 1 N–H and O–H groups in total. The number of non-ortho nitro benzene ring substituents is 1. The predicted octanol–water partition coefficient (Wildman–Crippen LogP) is 4.52. The molecule has 0 bridgehead atoms. The Morgan fingerprint density at radius 2 is 2.04 bits per heavy atom. The Hall–Kier alpha value is -2.98. The molecule has 23 heavy (non-hydrogen) atoms. The Morgan fingerprint density at radius 1 is 1.26 bits per heavy atom. The number of fused-ring (bicyclic) bond motifs is 1. The minimum atomic E-state index is -0.472. The SMILES string of the molecule is N#Cc1cnc2ccc([N+](=O)[O-])cc2c1Nc1ccccc1Br. The molecule has 0 radical (unpaired) electrons. The highest BCUT2D eigenvalue weighted by molar-refractivity contribution is 9.10. The van der Waals surface area contributed by atoms with Crippen LogP contribution in [0.15, 0.2) is 53.1 Å². The summed E-state index contributed by atoms with van der Waals surface area (Å²) in [5, 5.41) is 24.0. The number of nitrogens with one attached hydrogen (secondary N) is 1. The van der Waals surface area contributed by atoms with Crippen molar-refractivity contribution in [3.63, 3.8) is 0 Å². The van der Waals surface area contributed by atoms with Crippen LogP contribution in [0.25, 0.3) is 10.9 Å². The monoisotopic (exact) mass is 368 g/mol. The first-order chi connectivity index (χ1) is 11.1. The van der Waals surface area contributed by atoms with E-state index in [1.54, 1.807) is 6.07 Å². The Kier molecular flexibility index (Phi) is 3.91. The van der Waals surface area contributed by atoms with E-state index in [-0.39, 0.29) is 5.69 Å². The standard InChI is InChI=1S/C16H9BrN4O2/c17-13-3-1-2-4-15(13)20-16-10(8-18)9-19-14-6-5-11(21(22)23)7-12(14)16/h1-7,9H,(H,19,20). The van der Waals surface area contributed by atoms with Crippen molar-refractivity contribution in [1.82, 2.24) is 4.98 Å². The zero-order valence-electron chi connectivity index (χ0n) is 11.7. The van der Waals surface area contributed by atoms with Crippen molar-refractivity contribution in [3.05, 3.63) is 68.8 Å². The van der Waals surface area contributed by atoms with Gasteiger partial charge in [0.1, 0.15) is 6.07 Å². The molecule has 0 fully saturated rings. The van der Waals surface area contributed by atoms with Crippen molar-refractivity contribution in [1.29, 1.82) is 5.26 Å². The number of pyridine rings is 1. The second-order valence-corrected chi connectivity index (χ2v) is 5.58. The van der Waals surface area contributed by atoms with Crippen LogP contribution in [-0.4, -0.2) is 9.91 Å². The Morgan fingerprint density at radius 3 is 2.74 bits per heavy atom. The summed E-state index contributed by atoms with van der Waals surface area (Å²) >= 11 is 3.43. The van der Waals surface area contributed by atoms with Gasteiger partial charge >= 0.3 is 0 Å². The minimum Gasteiger partial charge on any atom is -0.353 e. The van der Waals surface area contributed by atoms with Crippen molar-refractivity contribution >= 4 is 43.9 Å². The number of nitrogens with zero attached hydrogens (tertiary/aromatic N) is 3. The quantitative estimate of drug-likeness (QED) is 0.541. The maximum Gasteiger partial charge on any atom is 0.270 e. The highest BCUT2D eigenvalue weighted by atomic mass is 79.9. The molecule has 112 valence electrons. The van der Waals surface area contributed by atoms with Gasteiger partial charge in [0.2, 0.25) is 0 Å². The van der Waals surface area contributed by atoms with Crippen molar-refractivity contribution in [2.45, 2.75) is 0 Å². The topological polar surface area (TPSA) is 91.8 Å². The molecule has 3 aromatic rings. The summed E-state index contributed by atoms with van der Waals surface area (Å²) in [7, 11) is 0. The second kappa shape index (κ2) is 6.02. The summed E-state index contributed by atoms with van der Waals surface area (Å²) in [6.07, 6.45) is 1.45. The molecule has 0 aliphatic rings. The zero-order valence-corrected chi connectivity index (χ0v) is 13.2.